The van der Waals surface area contributed by atoms with Crippen molar-refractivity contribution in [2.45, 2.75) is 5.88 Å². The number of benzene rings is 1. The highest BCUT2D eigenvalue weighted by Gasteiger charge is 2.07. The van der Waals surface area contributed by atoms with Crippen LogP contribution >= 0.6 is 34.5 Å². The molecular weight excluding hydrogens is 239 g/mol. The molecule has 1 nitrogen and oxygen atoms in total. The quantitative estimate of drug-likeness (QED) is 0.719. The molecule has 1 heterocycles. The molecule has 0 atom stereocenters. The SMILES string of the molecule is COc1cc2cc(CCl)cc(Cl)c2s1. The summed E-state index contributed by atoms with van der Waals surface area (Å²) in [6.07, 6.45) is 0. The molecule has 0 aliphatic rings. The molecular formula is C10H8Cl2OS. The lowest BCUT2D eigenvalue weighted by molar-refractivity contribution is 0.427. The van der Waals surface area contributed by atoms with Gasteiger partial charge in [-0.1, -0.05) is 22.9 Å². The highest BCUT2D eigenvalue weighted by atomic mass is 35.5. The van der Waals surface area contributed by atoms with Crippen molar-refractivity contribution in [2.24, 2.45) is 0 Å². The van der Waals surface area contributed by atoms with Crippen LogP contribution in [0.5, 0.6) is 5.06 Å². The summed E-state index contributed by atoms with van der Waals surface area (Å²) in [6, 6.07) is 5.90. The molecule has 14 heavy (non-hydrogen) atoms. The molecule has 2 rings (SSSR count). The van der Waals surface area contributed by atoms with E-state index in [0.717, 1.165) is 25.7 Å². The number of methoxy groups -OCH3 is 1. The molecule has 0 N–H and O–H groups in total. The van der Waals surface area contributed by atoms with E-state index in [1.807, 2.05) is 18.2 Å². The van der Waals surface area contributed by atoms with Gasteiger partial charge in [0.2, 0.25) is 0 Å². The molecule has 0 aliphatic carbocycles. The van der Waals surface area contributed by atoms with Gasteiger partial charge in [0.1, 0.15) is 0 Å². The summed E-state index contributed by atoms with van der Waals surface area (Å²) in [5.41, 5.74) is 1.03. The number of rotatable bonds is 2. The van der Waals surface area contributed by atoms with Crippen LogP contribution in [0.2, 0.25) is 5.02 Å². The van der Waals surface area contributed by atoms with Crippen LogP contribution in [0, 0.1) is 0 Å². The predicted molar refractivity (Wildman–Crippen MR) is 62.9 cm³/mol. The van der Waals surface area contributed by atoms with Crippen molar-refractivity contribution in [1.82, 2.24) is 0 Å². The van der Waals surface area contributed by atoms with Crippen molar-refractivity contribution in [3.63, 3.8) is 0 Å². The lowest BCUT2D eigenvalue weighted by Crippen LogP contribution is -1.76. The fourth-order valence-corrected chi connectivity index (χ4v) is 2.70. The van der Waals surface area contributed by atoms with Gasteiger partial charge >= 0.3 is 0 Å². The zero-order chi connectivity index (χ0) is 10.1. The van der Waals surface area contributed by atoms with E-state index in [9.17, 15) is 0 Å². The third-order valence-electron chi connectivity index (χ3n) is 1.96. The van der Waals surface area contributed by atoms with Gasteiger partial charge in [0.05, 0.1) is 16.8 Å². The van der Waals surface area contributed by atoms with Gasteiger partial charge in [-0.25, -0.2) is 0 Å². The fourth-order valence-electron chi connectivity index (χ4n) is 1.32. The zero-order valence-electron chi connectivity index (χ0n) is 7.51. The standard InChI is InChI=1S/C10H8Cl2OS/c1-13-9-4-7-2-6(5-11)3-8(12)10(7)14-9/h2-4H,5H2,1H3. The highest BCUT2D eigenvalue weighted by Crippen LogP contribution is 2.37. The van der Waals surface area contributed by atoms with E-state index in [1.165, 1.54) is 0 Å². The van der Waals surface area contributed by atoms with E-state index in [1.54, 1.807) is 18.4 Å². The minimum atomic E-state index is 0.480. The molecule has 0 spiro atoms. The predicted octanol–water partition coefficient (Wildman–Crippen LogP) is 4.30. The Balaban J connectivity index is 2.67. The first-order valence-electron chi connectivity index (χ1n) is 4.06. The second-order valence-corrected chi connectivity index (χ2v) is 4.59. The van der Waals surface area contributed by atoms with Crippen LogP contribution in [0.3, 0.4) is 0 Å². The van der Waals surface area contributed by atoms with Crippen LogP contribution < -0.4 is 4.74 Å². The van der Waals surface area contributed by atoms with Crippen molar-refractivity contribution in [3.05, 3.63) is 28.8 Å². The third kappa shape index (κ3) is 1.70. The molecule has 2 aromatic rings. The Hall–Kier alpha value is -0.440. The molecule has 0 radical (unpaired) electrons. The summed E-state index contributed by atoms with van der Waals surface area (Å²) in [4.78, 5) is 0. The van der Waals surface area contributed by atoms with Crippen LogP contribution in [-0.4, -0.2) is 7.11 Å². The lowest BCUT2D eigenvalue weighted by atomic mass is 10.2. The second-order valence-electron chi connectivity index (χ2n) is 2.90. The van der Waals surface area contributed by atoms with Gasteiger partial charge in [0.25, 0.3) is 0 Å². The van der Waals surface area contributed by atoms with Gasteiger partial charge < -0.3 is 4.74 Å². The molecule has 0 unspecified atom stereocenters. The minimum Gasteiger partial charge on any atom is -0.487 e. The Morgan fingerprint density at radius 1 is 1.36 bits per heavy atom. The van der Waals surface area contributed by atoms with Gasteiger partial charge in [-0.05, 0) is 29.1 Å². The summed E-state index contributed by atoms with van der Waals surface area (Å²) in [7, 11) is 1.65. The average molecular weight is 247 g/mol. The normalized spacial score (nSPS) is 10.8. The molecule has 0 fully saturated rings. The molecule has 0 amide bonds. The molecule has 0 bridgehead atoms. The van der Waals surface area contributed by atoms with E-state index in [0.29, 0.717) is 5.88 Å². The maximum Gasteiger partial charge on any atom is 0.174 e. The van der Waals surface area contributed by atoms with Crippen molar-refractivity contribution >= 4 is 44.6 Å². The van der Waals surface area contributed by atoms with E-state index < -0.39 is 0 Å². The molecule has 1 aromatic heterocycles. The van der Waals surface area contributed by atoms with Crippen molar-refractivity contribution in [2.75, 3.05) is 7.11 Å². The molecule has 4 heteroatoms. The smallest absolute Gasteiger partial charge is 0.174 e. The van der Waals surface area contributed by atoms with Gasteiger partial charge in [-0.2, -0.15) is 0 Å². The van der Waals surface area contributed by atoms with Gasteiger partial charge in [0.15, 0.2) is 5.06 Å². The highest BCUT2D eigenvalue weighted by molar-refractivity contribution is 7.21. The second kappa shape index (κ2) is 3.97. The molecule has 74 valence electrons. The number of ether oxygens (including phenoxy) is 1. The summed E-state index contributed by atoms with van der Waals surface area (Å²) in [5.74, 6) is 0.480. The molecule has 0 saturated heterocycles. The Kier molecular flexibility index (Phi) is 2.86. The van der Waals surface area contributed by atoms with Gasteiger partial charge in [-0.3, -0.25) is 0 Å². The largest absolute Gasteiger partial charge is 0.487 e. The minimum absolute atomic E-state index is 0.480. The Morgan fingerprint density at radius 3 is 2.79 bits per heavy atom. The molecule has 0 saturated carbocycles. The number of fused-ring (bicyclic) bond motifs is 1. The van der Waals surface area contributed by atoms with E-state index in [4.69, 9.17) is 27.9 Å². The topological polar surface area (TPSA) is 9.23 Å². The Bertz CT molecular complexity index is 464. The van der Waals surface area contributed by atoms with Crippen molar-refractivity contribution in [3.8, 4) is 5.06 Å². The third-order valence-corrected chi connectivity index (χ3v) is 3.83. The van der Waals surface area contributed by atoms with Crippen LogP contribution in [0.15, 0.2) is 18.2 Å². The summed E-state index contributed by atoms with van der Waals surface area (Å²) in [6.45, 7) is 0. The fraction of sp³-hybridized carbons (Fsp3) is 0.200. The lowest BCUT2D eigenvalue weighted by Gasteiger charge is -1.97. The van der Waals surface area contributed by atoms with Crippen LogP contribution in [-0.2, 0) is 5.88 Å². The first-order chi connectivity index (χ1) is 6.74. The summed E-state index contributed by atoms with van der Waals surface area (Å²) in [5, 5.41) is 2.70. The number of hydrogen-bond acceptors (Lipinski definition) is 2. The number of hydrogen-bond donors (Lipinski definition) is 0. The van der Waals surface area contributed by atoms with Crippen LogP contribution in [0.1, 0.15) is 5.56 Å². The van der Waals surface area contributed by atoms with E-state index in [-0.39, 0.29) is 0 Å². The maximum atomic E-state index is 6.11. The van der Waals surface area contributed by atoms with Crippen molar-refractivity contribution in [1.29, 1.82) is 0 Å². The monoisotopic (exact) mass is 246 g/mol. The first kappa shape index (κ1) is 10.1. The Labute approximate surface area is 96.2 Å². The Morgan fingerprint density at radius 2 is 2.14 bits per heavy atom. The zero-order valence-corrected chi connectivity index (χ0v) is 9.84. The molecule has 0 aliphatic heterocycles. The van der Waals surface area contributed by atoms with Crippen molar-refractivity contribution < 1.29 is 4.74 Å². The van der Waals surface area contributed by atoms with E-state index >= 15 is 0 Å². The number of halogens is 2. The first-order valence-corrected chi connectivity index (χ1v) is 5.79. The maximum absolute atomic E-state index is 6.11. The average Bonchev–Trinajstić information content (AvgIpc) is 2.61. The molecule has 1 aromatic carbocycles. The number of thiophene rings is 1. The van der Waals surface area contributed by atoms with Crippen LogP contribution in [0.25, 0.3) is 10.1 Å². The summed E-state index contributed by atoms with van der Waals surface area (Å²) >= 11 is 13.4. The summed E-state index contributed by atoms with van der Waals surface area (Å²) < 4.78 is 6.21. The number of alkyl halides is 1. The van der Waals surface area contributed by atoms with E-state index in [2.05, 4.69) is 0 Å². The van der Waals surface area contributed by atoms with Gasteiger partial charge in [0, 0.05) is 5.88 Å². The van der Waals surface area contributed by atoms with Crippen LogP contribution in [0.4, 0.5) is 0 Å². The van der Waals surface area contributed by atoms with Gasteiger partial charge in [-0.15, -0.1) is 11.6 Å².